The molecule has 1 aliphatic rings. The van der Waals surface area contributed by atoms with Gasteiger partial charge in [-0.15, -0.1) is 0 Å². The van der Waals surface area contributed by atoms with Crippen molar-refractivity contribution in [2.75, 3.05) is 0 Å². The number of rotatable bonds is 7. The number of benzene rings is 1. The van der Waals surface area contributed by atoms with Crippen LogP contribution < -0.4 is 5.32 Å². The summed E-state index contributed by atoms with van der Waals surface area (Å²) in [6.07, 6.45) is 6.17. The number of aryl methyl sites for hydroxylation is 1. The van der Waals surface area contributed by atoms with E-state index in [9.17, 15) is 9.59 Å². The number of carbonyl (C=O) groups excluding carboxylic acids is 1. The van der Waals surface area contributed by atoms with Crippen LogP contribution in [0.1, 0.15) is 44.4 Å². The zero-order chi connectivity index (χ0) is 18.4. The van der Waals surface area contributed by atoms with E-state index in [2.05, 4.69) is 10.3 Å². The van der Waals surface area contributed by atoms with Gasteiger partial charge in [0.1, 0.15) is 0 Å². The average Bonchev–Trinajstić information content (AvgIpc) is 3.12. The van der Waals surface area contributed by atoms with Crippen molar-refractivity contribution in [3.05, 3.63) is 42.4 Å². The van der Waals surface area contributed by atoms with E-state index in [0.717, 1.165) is 24.2 Å². The van der Waals surface area contributed by atoms with Gasteiger partial charge in [-0.3, -0.25) is 9.59 Å². The van der Waals surface area contributed by atoms with Crippen LogP contribution in [0.15, 0.2) is 40.9 Å². The first kappa shape index (κ1) is 18.2. The smallest absolute Gasteiger partial charge is 0.306 e. The van der Waals surface area contributed by atoms with Crippen LogP contribution in [0.3, 0.4) is 0 Å². The van der Waals surface area contributed by atoms with Crippen LogP contribution in [-0.4, -0.2) is 28.0 Å². The van der Waals surface area contributed by atoms with Gasteiger partial charge in [0.25, 0.3) is 0 Å². The quantitative estimate of drug-likeness (QED) is 0.793. The molecule has 0 aliphatic heterocycles. The fourth-order valence-corrected chi connectivity index (χ4v) is 3.35. The monoisotopic (exact) mass is 356 g/mol. The largest absolute Gasteiger partial charge is 0.481 e. The highest BCUT2D eigenvalue weighted by atomic mass is 16.4. The van der Waals surface area contributed by atoms with Gasteiger partial charge >= 0.3 is 5.97 Å². The lowest BCUT2D eigenvalue weighted by molar-refractivity contribution is -0.142. The van der Waals surface area contributed by atoms with Crippen molar-refractivity contribution in [2.45, 2.75) is 51.0 Å². The average molecular weight is 356 g/mol. The molecule has 2 N–H and O–H groups in total. The second-order valence-electron chi connectivity index (χ2n) is 6.79. The number of carboxylic acid groups (broad SMARTS) is 1. The maximum atomic E-state index is 12.1. The molecule has 1 fully saturated rings. The molecule has 6 heteroatoms. The number of aromatic nitrogens is 1. The van der Waals surface area contributed by atoms with E-state index in [1.165, 1.54) is 0 Å². The van der Waals surface area contributed by atoms with Gasteiger partial charge in [-0.25, -0.2) is 4.98 Å². The zero-order valence-corrected chi connectivity index (χ0v) is 14.7. The van der Waals surface area contributed by atoms with Crippen molar-refractivity contribution in [3.63, 3.8) is 0 Å². The van der Waals surface area contributed by atoms with Crippen LogP contribution in [0.5, 0.6) is 0 Å². The zero-order valence-electron chi connectivity index (χ0n) is 14.7. The minimum atomic E-state index is -0.726. The van der Waals surface area contributed by atoms with Crippen molar-refractivity contribution in [1.82, 2.24) is 10.3 Å². The summed E-state index contributed by atoms with van der Waals surface area (Å²) < 4.78 is 5.74. The molecule has 1 amide bonds. The first-order chi connectivity index (χ1) is 12.6. The van der Waals surface area contributed by atoms with Gasteiger partial charge in [-0.05, 0) is 32.1 Å². The molecule has 0 bridgehead atoms. The molecule has 1 aromatic heterocycles. The second-order valence-corrected chi connectivity index (χ2v) is 6.79. The second kappa shape index (κ2) is 8.65. The Hall–Kier alpha value is -2.63. The number of oxazole rings is 1. The Bertz CT molecular complexity index is 733. The van der Waals surface area contributed by atoms with Crippen LogP contribution in [-0.2, 0) is 16.0 Å². The first-order valence-electron chi connectivity index (χ1n) is 9.14. The summed E-state index contributed by atoms with van der Waals surface area (Å²) in [5.74, 6) is 0.403. The molecule has 0 radical (unpaired) electrons. The van der Waals surface area contributed by atoms with Crippen LogP contribution in [0.25, 0.3) is 11.3 Å². The summed E-state index contributed by atoms with van der Waals surface area (Å²) in [4.78, 5) is 27.3. The predicted octanol–water partition coefficient (Wildman–Crippen LogP) is 3.42. The fraction of sp³-hybridized carbons (Fsp3) is 0.450. The third kappa shape index (κ3) is 4.94. The first-order valence-corrected chi connectivity index (χ1v) is 9.14. The van der Waals surface area contributed by atoms with Gasteiger partial charge in [0.2, 0.25) is 5.91 Å². The summed E-state index contributed by atoms with van der Waals surface area (Å²) in [5, 5.41) is 12.0. The molecule has 1 aliphatic carbocycles. The Kier molecular flexibility index (Phi) is 6.04. The highest BCUT2D eigenvalue weighted by Gasteiger charge is 2.26. The highest BCUT2D eigenvalue weighted by Crippen LogP contribution is 2.24. The van der Waals surface area contributed by atoms with Crippen molar-refractivity contribution >= 4 is 11.9 Å². The Labute approximate surface area is 152 Å². The molecule has 1 aromatic carbocycles. The number of amides is 1. The fourth-order valence-electron chi connectivity index (χ4n) is 3.35. The van der Waals surface area contributed by atoms with Crippen molar-refractivity contribution < 1.29 is 19.1 Å². The SMILES string of the molecule is O=C(CCCc1ncc(-c2ccccc2)o1)NC1CCC(C(=O)O)CC1. The van der Waals surface area contributed by atoms with E-state index in [1.54, 1.807) is 6.20 Å². The van der Waals surface area contributed by atoms with Crippen LogP contribution in [0, 0.1) is 5.92 Å². The summed E-state index contributed by atoms with van der Waals surface area (Å²) in [6, 6.07) is 9.89. The molecule has 0 spiro atoms. The Morgan fingerprint density at radius 1 is 1.15 bits per heavy atom. The van der Waals surface area contributed by atoms with E-state index < -0.39 is 5.97 Å². The number of carboxylic acids is 1. The molecule has 138 valence electrons. The molecule has 0 unspecified atom stereocenters. The van der Waals surface area contributed by atoms with E-state index >= 15 is 0 Å². The number of nitrogens with zero attached hydrogens (tertiary/aromatic N) is 1. The summed E-state index contributed by atoms with van der Waals surface area (Å²) in [6.45, 7) is 0. The molecular weight excluding hydrogens is 332 g/mol. The van der Waals surface area contributed by atoms with Gasteiger partial charge in [-0.2, -0.15) is 0 Å². The predicted molar refractivity (Wildman–Crippen MR) is 96.4 cm³/mol. The molecule has 1 saturated carbocycles. The maximum absolute atomic E-state index is 12.1. The summed E-state index contributed by atoms with van der Waals surface area (Å²) >= 11 is 0. The molecule has 1 heterocycles. The molecule has 26 heavy (non-hydrogen) atoms. The van der Waals surface area contributed by atoms with Crippen molar-refractivity contribution in [2.24, 2.45) is 5.92 Å². The molecule has 0 atom stereocenters. The highest BCUT2D eigenvalue weighted by molar-refractivity contribution is 5.76. The van der Waals surface area contributed by atoms with E-state index in [0.29, 0.717) is 38.0 Å². The lowest BCUT2D eigenvalue weighted by Crippen LogP contribution is -2.38. The Morgan fingerprint density at radius 2 is 1.88 bits per heavy atom. The standard InChI is InChI=1S/C20H24N2O4/c23-18(22-16-11-9-15(10-12-16)20(24)25)7-4-8-19-21-13-17(26-19)14-5-2-1-3-6-14/h1-3,5-6,13,15-16H,4,7-12H2,(H,22,23)(H,24,25). The lowest BCUT2D eigenvalue weighted by Gasteiger charge is -2.26. The van der Waals surface area contributed by atoms with Gasteiger partial charge in [0.05, 0.1) is 12.1 Å². The Morgan fingerprint density at radius 3 is 2.58 bits per heavy atom. The minimum Gasteiger partial charge on any atom is -0.481 e. The third-order valence-corrected chi connectivity index (χ3v) is 4.85. The van der Waals surface area contributed by atoms with E-state index in [-0.39, 0.29) is 17.9 Å². The van der Waals surface area contributed by atoms with Gasteiger partial charge < -0.3 is 14.8 Å². The van der Waals surface area contributed by atoms with Crippen LogP contribution in [0.4, 0.5) is 0 Å². The number of hydrogen-bond acceptors (Lipinski definition) is 4. The normalized spacial score (nSPS) is 19.8. The van der Waals surface area contributed by atoms with Gasteiger partial charge in [0.15, 0.2) is 11.7 Å². The molecule has 2 aromatic rings. The topological polar surface area (TPSA) is 92.4 Å². The van der Waals surface area contributed by atoms with E-state index in [1.807, 2.05) is 30.3 Å². The molecular formula is C20H24N2O4. The van der Waals surface area contributed by atoms with Crippen LogP contribution >= 0.6 is 0 Å². The van der Waals surface area contributed by atoms with Crippen molar-refractivity contribution in [3.8, 4) is 11.3 Å². The minimum absolute atomic E-state index is 0.0126. The van der Waals surface area contributed by atoms with Gasteiger partial charge in [-0.1, -0.05) is 30.3 Å². The van der Waals surface area contributed by atoms with Crippen molar-refractivity contribution in [1.29, 1.82) is 0 Å². The molecule has 0 saturated heterocycles. The number of hydrogen-bond donors (Lipinski definition) is 2. The van der Waals surface area contributed by atoms with Gasteiger partial charge in [0, 0.05) is 24.4 Å². The number of aliphatic carboxylic acids is 1. The lowest BCUT2D eigenvalue weighted by atomic mass is 9.86. The number of carbonyl (C=O) groups is 2. The third-order valence-electron chi connectivity index (χ3n) is 4.85. The number of nitrogens with one attached hydrogen (secondary N) is 1. The van der Waals surface area contributed by atoms with E-state index in [4.69, 9.17) is 9.52 Å². The molecule has 6 nitrogen and oxygen atoms in total. The maximum Gasteiger partial charge on any atom is 0.306 e. The van der Waals surface area contributed by atoms with Crippen LogP contribution in [0.2, 0.25) is 0 Å². The summed E-state index contributed by atoms with van der Waals surface area (Å²) in [5.41, 5.74) is 0.987. The Balaban J connectivity index is 1.38. The summed E-state index contributed by atoms with van der Waals surface area (Å²) in [7, 11) is 0. The molecule has 3 rings (SSSR count).